The Hall–Kier alpha value is -2.69. The van der Waals surface area contributed by atoms with Crippen molar-refractivity contribution in [2.75, 3.05) is 18.2 Å². The molecule has 0 amide bonds. The van der Waals surface area contributed by atoms with Gasteiger partial charge in [-0.2, -0.15) is 0 Å². The number of hydrogen-bond acceptors (Lipinski definition) is 4. The van der Waals surface area contributed by atoms with Gasteiger partial charge in [0.1, 0.15) is 5.75 Å². The number of carboxylic acid groups (broad SMARTS) is 1. The summed E-state index contributed by atoms with van der Waals surface area (Å²) in [6.07, 6.45) is 0. The third kappa shape index (κ3) is 3.20. The van der Waals surface area contributed by atoms with E-state index in [4.69, 9.17) is 15.6 Å². The summed E-state index contributed by atoms with van der Waals surface area (Å²) in [4.78, 5) is 10.8. The second-order valence-electron chi connectivity index (χ2n) is 4.31. The number of carboxylic acids is 1. The van der Waals surface area contributed by atoms with Crippen molar-refractivity contribution in [3.63, 3.8) is 0 Å². The van der Waals surface area contributed by atoms with Crippen LogP contribution in [-0.4, -0.2) is 18.2 Å². The van der Waals surface area contributed by atoms with E-state index in [1.54, 1.807) is 13.2 Å². The molecule has 2 aromatic carbocycles. The predicted molar refractivity (Wildman–Crippen MR) is 78.1 cm³/mol. The van der Waals surface area contributed by atoms with Gasteiger partial charge in [0, 0.05) is 6.54 Å². The zero-order chi connectivity index (χ0) is 14.5. The molecule has 0 heterocycles. The molecule has 0 aliphatic carbocycles. The largest absolute Gasteiger partial charge is 0.497 e. The lowest BCUT2D eigenvalue weighted by Gasteiger charge is -2.10. The molecule has 5 heteroatoms. The normalized spacial score (nSPS) is 10.1. The molecule has 104 valence electrons. The number of rotatable bonds is 5. The molecule has 0 saturated heterocycles. The fourth-order valence-corrected chi connectivity index (χ4v) is 1.84. The van der Waals surface area contributed by atoms with Crippen molar-refractivity contribution in [1.29, 1.82) is 0 Å². The Bertz CT molecular complexity index is 626. The van der Waals surface area contributed by atoms with E-state index in [1.807, 2.05) is 24.3 Å². The molecular formula is C15H16N2O3. The van der Waals surface area contributed by atoms with Crippen LogP contribution in [0.5, 0.6) is 5.75 Å². The third-order valence-electron chi connectivity index (χ3n) is 2.92. The van der Waals surface area contributed by atoms with E-state index in [9.17, 15) is 4.79 Å². The van der Waals surface area contributed by atoms with E-state index < -0.39 is 5.97 Å². The van der Waals surface area contributed by atoms with Gasteiger partial charge in [-0.15, -0.1) is 0 Å². The number of methoxy groups -OCH3 is 1. The van der Waals surface area contributed by atoms with Crippen LogP contribution in [0.15, 0.2) is 42.5 Å². The molecule has 0 aromatic heterocycles. The average molecular weight is 272 g/mol. The summed E-state index contributed by atoms with van der Waals surface area (Å²) in [5.74, 6) is -0.199. The maximum atomic E-state index is 10.8. The minimum atomic E-state index is -0.990. The highest BCUT2D eigenvalue weighted by Gasteiger charge is 2.06. The summed E-state index contributed by atoms with van der Waals surface area (Å²) in [5, 5.41) is 12.0. The van der Waals surface area contributed by atoms with Gasteiger partial charge < -0.3 is 20.9 Å². The minimum Gasteiger partial charge on any atom is -0.497 e. The number of benzene rings is 2. The Morgan fingerprint density at radius 3 is 2.75 bits per heavy atom. The Morgan fingerprint density at radius 2 is 2.10 bits per heavy atom. The van der Waals surface area contributed by atoms with Gasteiger partial charge in [0.15, 0.2) is 0 Å². The molecule has 0 unspecified atom stereocenters. The predicted octanol–water partition coefficient (Wildman–Crippen LogP) is 2.59. The Morgan fingerprint density at radius 1 is 1.30 bits per heavy atom. The smallest absolute Gasteiger partial charge is 0.335 e. The number of anilines is 2. The summed E-state index contributed by atoms with van der Waals surface area (Å²) in [6, 6.07) is 12.3. The number of nitrogens with one attached hydrogen (secondary N) is 1. The zero-order valence-electron chi connectivity index (χ0n) is 11.1. The van der Waals surface area contributed by atoms with Crippen molar-refractivity contribution in [3.05, 3.63) is 53.6 Å². The van der Waals surface area contributed by atoms with Crippen molar-refractivity contribution in [2.45, 2.75) is 6.54 Å². The monoisotopic (exact) mass is 272 g/mol. The fraction of sp³-hybridized carbons (Fsp3) is 0.133. The second kappa shape index (κ2) is 5.97. The lowest BCUT2D eigenvalue weighted by molar-refractivity contribution is 0.0697. The molecule has 2 aromatic rings. The molecule has 20 heavy (non-hydrogen) atoms. The van der Waals surface area contributed by atoms with Crippen LogP contribution >= 0.6 is 0 Å². The molecule has 0 saturated carbocycles. The van der Waals surface area contributed by atoms with Gasteiger partial charge >= 0.3 is 5.97 Å². The quantitative estimate of drug-likeness (QED) is 0.728. The van der Waals surface area contributed by atoms with Crippen molar-refractivity contribution in [2.24, 2.45) is 0 Å². The maximum Gasteiger partial charge on any atom is 0.335 e. The third-order valence-corrected chi connectivity index (χ3v) is 2.92. The minimum absolute atomic E-state index is 0.175. The van der Waals surface area contributed by atoms with E-state index in [1.165, 1.54) is 12.1 Å². The van der Waals surface area contributed by atoms with E-state index in [0.717, 1.165) is 11.3 Å². The molecule has 5 nitrogen and oxygen atoms in total. The number of nitrogens with two attached hydrogens (primary N) is 1. The van der Waals surface area contributed by atoms with Crippen LogP contribution in [-0.2, 0) is 6.54 Å². The zero-order valence-corrected chi connectivity index (χ0v) is 11.1. The number of aromatic carboxylic acids is 1. The van der Waals surface area contributed by atoms with E-state index in [0.29, 0.717) is 17.9 Å². The topological polar surface area (TPSA) is 84.6 Å². The molecule has 0 aliphatic rings. The molecule has 2 rings (SSSR count). The molecule has 0 spiro atoms. The molecule has 0 radical (unpaired) electrons. The van der Waals surface area contributed by atoms with E-state index in [2.05, 4.69) is 5.32 Å². The van der Waals surface area contributed by atoms with Gasteiger partial charge in [-0.25, -0.2) is 4.79 Å². The fourth-order valence-electron chi connectivity index (χ4n) is 1.84. The lowest BCUT2D eigenvalue weighted by atomic mass is 10.1. The highest BCUT2D eigenvalue weighted by Crippen LogP contribution is 2.21. The molecular weight excluding hydrogens is 256 g/mol. The highest BCUT2D eigenvalue weighted by atomic mass is 16.5. The van der Waals surface area contributed by atoms with Crippen LogP contribution in [0.3, 0.4) is 0 Å². The lowest BCUT2D eigenvalue weighted by Crippen LogP contribution is -2.04. The summed E-state index contributed by atoms with van der Waals surface area (Å²) in [5.41, 5.74) is 8.17. The summed E-state index contributed by atoms with van der Waals surface area (Å²) in [6.45, 7) is 0.577. The number of nitrogen functional groups attached to an aromatic ring is 1. The Balaban J connectivity index is 2.08. The first-order valence-corrected chi connectivity index (χ1v) is 6.10. The van der Waals surface area contributed by atoms with Gasteiger partial charge in [-0.3, -0.25) is 0 Å². The van der Waals surface area contributed by atoms with Crippen LogP contribution in [0.1, 0.15) is 15.9 Å². The van der Waals surface area contributed by atoms with E-state index in [-0.39, 0.29) is 5.56 Å². The van der Waals surface area contributed by atoms with Crippen LogP contribution in [0, 0.1) is 0 Å². The van der Waals surface area contributed by atoms with Gasteiger partial charge in [0.2, 0.25) is 0 Å². The average Bonchev–Trinajstić information content (AvgIpc) is 2.46. The Labute approximate surface area is 117 Å². The van der Waals surface area contributed by atoms with Crippen LogP contribution in [0.25, 0.3) is 0 Å². The van der Waals surface area contributed by atoms with Crippen LogP contribution in [0.4, 0.5) is 11.4 Å². The molecule has 4 N–H and O–H groups in total. The standard InChI is InChI=1S/C15H16N2O3/c1-20-12-4-2-3-10(7-12)9-17-14-6-5-11(15(18)19)8-13(14)16/h2-8,17H,9,16H2,1H3,(H,18,19). The maximum absolute atomic E-state index is 10.8. The summed E-state index contributed by atoms with van der Waals surface area (Å²) in [7, 11) is 1.62. The SMILES string of the molecule is COc1cccc(CNc2ccc(C(=O)O)cc2N)c1. The summed E-state index contributed by atoms with van der Waals surface area (Å²) >= 11 is 0. The first kappa shape index (κ1) is 13.7. The first-order chi connectivity index (χ1) is 9.60. The second-order valence-corrected chi connectivity index (χ2v) is 4.31. The van der Waals surface area contributed by atoms with Gasteiger partial charge in [0.25, 0.3) is 0 Å². The van der Waals surface area contributed by atoms with Crippen molar-refractivity contribution in [3.8, 4) is 5.75 Å². The van der Waals surface area contributed by atoms with Crippen molar-refractivity contribution >= 4 is 17.3 Å². The van der Waals surface area contributed by atoms with Gasteiger partial charge in [-0.05, 0) is 35.9 Å². The van der Waals surface area contributed by atoms with Crippen LogP contribution < -0.4 is 15.8 Å². The number of carbonyl (C=O) groups is 1. The first-order valence-electron chi connectivity index (χ1n) is 6.10. The summed E-state index contributed by atoms with van der Waals surface area (Å²) < 4.78 is 5.15. The molecule has 0 bridgehead atoms. The van der Waals surface area contributed by atoms with Crippen LogP contribution in [0.2, 0.25) is 0 Å². The van der Waals surface area contributed by atoms with Crippen molar-refractivity contribution in [1.82, 2.24) is 0 Å². The van der Waals surface area contributed by atoms with E-state index >= 15 is 0 Å². The Kier molecular flexibility index (Phi) is 4.10. The molecule has 0 atom stereocenters. The number of hydrogen-bond donors (Lipinski definition) is 3. The molecule has 0 fully saturated rings. The number of ether oxygens (including phenoxy) is 1. The van der Waals surface area contributed by atoms with Gasteiger partial charge in [-0.1, -0.05) is 12.1 Å². The highest BCUT2D eigenvalue weighted by molar-refractivity contribution is 5.90. The van der Waals surface area contributed by atoms with Crippen molar-refractivity contribution < 1.29 is 14.6 Å². The molecule has 0 aliphatic heterocycles. The van der Waals surface area contributed by atoms with Gasteiger partial charge in [0.05, 0.1) is 24.0 Å².